The summed E-state index contributed by atoms with van der Waals surface area (Å²) in [5.41, 5.74) is 4.61. The molecule has 0 aromatic heterocycles. The molecule has 0 aliphatic carbocycles. The summed E-state index contributed by atoms with van der Waals surface area (Å²) in [4.78, 5) is 24.3. The van der Waals surface area contributed by atoms with E-state index in [1.165, 1.54) is 11.1 Å². The smallest absolute Gasteiger partial charge is 0.410 e. The van der Waals surface area contributed by atoms with Gasteiger partial charge in [0.2, 0.25) is 0 Å². The van der Waals surface area contributed by atoms with Crippen LogP contribution in [0.5, 0.6) is 11.5 Å². The Morgan fingerprint density at radius 2 is 1.03 bits per heavy atom. The summed E-state index contributed by atoms with van der Waals surface area (Å²) in [6.45, 7) is 9.47. The number of hydrogen-bond donors (Lipinski definition) is 2. The highest BCUT2D eigenvalue weighted by molar-refractivity contribution is 5.71. The van der Waals surface area contributed by atoms with E-state index in [0.717, 1.165) is 62.5 Å². The maximum Gasteiger partial charge on any atom is 0.412 e. The highest BCUT2D eigenvalue weighted by Crippen LogP contribution is 2.24. The molecule has 186 valence electrons. The van der Waals surface area contributed by atoms with Gasteiger partial charge >= 0.3 is 12.2 Å². The summed E-state index contributed by atoms with van der Waals surface area (Å²) in [5, 5.41) is 5.65. The van der Waals surface area contributed by atoms with Gasteiger partial charge < -0.3 is 20.1 Å². The largest absolute Gasteiger partial charge is 0.412 e. The van der Waals surface area contributed by atoms with Gasteiger partial charge in [-0.1, -0.05) is 64.8 Å². The molecular formula is C28H40N2O4. The Hall–Kier alpha value is -3.02. The first-order chi connectivity index (χ1) is 16.5. The first-order valence-electron chi connectivity index (χ1n) is 12.7. The summed E-state index contributed by atoms with van der Waals surface area (Å²) < 4.78 is 11.0. The molecule has 0 heterocycles. The van der Waals surface area contributed by atoms with E-state index in [2.05, 4.69) is 50.5 Å². The zero-order chi connectivity index (χ0) is 24.8. The van der Waals surface area contributed by atoms with E-state index in [0.29, 0.717) is 24.6 Å². The number of carbonyl (C=O) groups excluding carboxylic acids is 2. The van der Waals surface area contributed by atoms with Crippen LogP contribution in [0.2, 0.25) is 0 Å². The van der Waals surface area contributed by atoms with Crippen molar-refractivity contribution in [2.24, 2.45) is 0 Å². The summed E-state index contributed by atoms with van der Waals surface area (Å²) in [6.07, 6.45) is 6.32. The van der Waals surface area contributed by atoms with Gasteiger partial charge in [0.25, 0.3) is 0 Å². The van der Waals surface area contributed by atoms with Crippen molar-refractivity contribution in [3.05, 3.63) is 58.7 Å². The van der Waals surface area contributed by atoms with E-state index in [4.69, 9.17) is 9.47 Å². The maximum atomic E-state index is 12.1. The number of carbonyl (C=O) groups is 2. The molecule has 34 heavy (non-hydrogen) atoms. The summed E-state index contributed by atoms with van der Waals surface area (Å²) in [6, 6.07) is 11.7. The van der Waals surface area contributed by atoms with Crippen molar-refractivity contribution < 1.29 is 19.1 Å². The molecule has 2 amide bonds. The molecule has 2 N–H and O–H groups in total. The molecule has 0 bridgehead atoms. The van der Waals surface area contributed by atoms with Gasteiger partial charge in [0.05, 0.1) is 0 Å². The Morgan fingerprint density at radius 1 is 0.618 bits per heavy atom. The fourth-order valence-corrected chi connectivity index (χ4v) is 4.13. The lowest BCUT2D eigenvalue weighted by Gasteiger charge is -2.13. The van der Waals surface area contributed by atoms with Crippen molar-refractivity contribution in [3.8, 4) is 11.5 Å². The van der Waals surface area contributed by atoms with Crippen molar-refractivity contribution in [1.82, 2.24) is 10.6 Å². The molecule has 2 rings (SSSR count). The van der Waals surface area contributed by atoms with Crippen LogP contribution >= 0.6 is 0 Å². The Bertz CT molecular complexity index is 851. The standard InChI is InChI=1S/C28H40N2O4/c1-5-21-15-13-17-25(23(21)7-3)33-27(31)29-19-11-9-10-12-20-30-28(32)34-26-18-14-16-22(6-2)24(26)8-4/h13-18H,5-12,19-20H2,1-4H3,(H,29,31)(H,30,32). The molecule has 6 heteroatoms. The quantitative estimate of drug-likeness (QED) is 0.335. The Morgan fingerprint density at radius 3 is 1.38 bits per heavy atom. The molecule has 6 nitrogen and oxygen atoms in total. The van der Waals surface area contributed by atoms with Crippen LogP contribution < -0.4 is 20.1 Å². The summed E-state index contributed by atoms with van der Waals surface area (Å²) in [7, 11) is 0. The van der Waals surface area contributed by atoms with Crippen LogP contribution in [0.3, 0.4) is 0 Å². The zero-order valence-electron chi connectivity index (χ0n) is 21.2. The van der Waals surface area contributed by atoms with Gasteiger partial charge in [-0.15, -0.1) is 0 Å². The van der Waals surface area contributed by atoms with Crippen LogP contribution in [0, 0.1) is 0 Å². The SMILES string of the molecule is CCc1cccc(OC(=O)NCCCCCCNC(=O)Oc2cccc(CC)c2CC)c1CC. The van der Waals surface area contributed by atoms with Crippen molar-refractivity contribution in [1.29, 1.82) is 0 Å². The van der Waals surface area contributed by atoms with E-state index in [-0.39, 0.29) is 0 Å². The van der Waals surface area contributed by atoms with Gasteiger partial charge in [-0.2, -0.15) is 0 Å². The molecular weight excluding hydrogens is 428 g/mol. The molecule has 0 unspecified atom stereocenters. The number of rotatable bonds is 13. The first-order valence-corrected chi connectivity index (χ1v) is 12.7. The number of amides is 2. The predicted octanol–water partition coefficient (Wildman–Crippen LogP) is 6.37. The maximum absolute atomic E-state index is 12.1. The molecule has 2 aromatic rings. The third-order valence-corrected chi connectivity index (χ3v) is 5.98. The lowest BCUT2D eigenvalue weighted by Crippen LogP contribution is -2.28. The van der Waals surface area contributed by atoms with Crippen LogP contribution in [0.1, 0.15) is 75.6 Å². The van der Waals surface area contributed by atoms with E-state index in [1.807, 2.05) is 24.3 Å². The van der Waals surface area contributed by atoms with Gasteiger partial charge in [0, 0.05) is 13.1 Å². The van der Waals surface area contributed by atoms with Crippen molar-refractivity contribution in [3.63, 3.8) is 0 Å². The molecule has 0 saturated carbocycles. The number of nitrogens with one attached hydrogen (secondary N) is 2. The number of ether oxygens (including phenoxy) is 2. The van der Waals surface area contributed by atoms with Crippen LogP contribution in [-0.2, 0) is 25.7 Å². The van der Waals surface area contributed by atoms with Gasteiger partial charge in [-0.25, -0.2) is 9.59 Å². The van der Waals surface area contributed by atoms with E-state index in [9.17, 15) is 9.59 Å². The molecule has 0 saturated heterocycles. The van der Waals surface area contributed by atoms with Crippen LogP contribution in [0.15, 0.2) is 36.4 Å². The minimum atomic E-state index is -0.411. The second-order valence-corrected chi connectivity index (χ2v) is 8.25. The Labute approximate surface area is 204 Å². The monoisotopic (exact) mass is 468 g/mol. The second kappa shape index (κ2) is 15.0. The Kier molecular flexibility index (Phi) is 12.0. The average Bonchev–Trinajstić information content (AvgIpc) is 2.85. The fourth-order valence-electron chi connectivity index (χ4n) is 4.13. The minimum Gasteiger partial charge on any atom is -0.410 e. The molecule has 0 fully saturated rings. The fraction of sp³-hybridized carbons (Fsp3) is 0.500. The molecule has 0 aliphatic rings. The third-order valence-electron chi connectivity index (χ3n) is 5.98. The molecule has 0 radical (unpaired) electrons. The van der Waals surface area contributed by atoms with Crippen molar-refractivity contribution in [2.45, 2.75) is 79.1 Å². The second-order valence-electron chi connectivity index (χ2n) is 8.25. The van der Waals surface area contributed by atoms with Gasteiger partial charge in [-0.05, 0) is 72.9 Å². The van der Waals surface area contributed by atoms with E-state index in [1.54, 1.807) is 0 Å². The highest BCUT2D eigenvalue weighted by atomic mass is 16.6. The molecule has 0 spiro atoms. The number of aryl methyl sites for hydroxylation is 2. The number of hydrogen-bond acceptors (Lipinski definition) is 4. The lowest BCUT2D eigenvalue weighted by atomic mass is 10.0. The van der Waals surface area contributed by atoms with E-state index < -0.39 is 12.2 Å². The third kappa shape index (κ3) is 8.40. The van der Waals surface area contributed by atoms with Crippen molar-refractivity contribution in [2.75, 3.05) is 13.1 Å². The zero-order valence-corrected chi connectivity index (χ0v) is 21.2. The first kappa shape index (κ1) is 27.2. The average molecular weight is 469 g/mol. The topological polar surface area (TPSA) is 76.7 Å². The normalized spacial score (nSPS) is 10.6. The predicted molar refractivity (Wildman–Crippen MR) is 137 cm³/mol. The Balaban J connectivity index is 1.59. The molecule has 2 aromatic carbocycles. The van der Waals surface area contributed by atoms with Gasteiger partial charge in [-0.3, -0.25) is 0 Å². The summed E-state index contributed by atoms with van der Waals surface area (Å²) in [5.74, 6) is 1.29. The lowest BCUT2D eigenvalue weighted by molar-refractivity contribution is 0.198. The van der Waals surface area contributed by atoms with Gasteiger partial charge in [0.1, 0.15) is 11.5 Å². The van der Waals surface area contributed by atoms with Crippen LogP contribution in [0.4, 0.5) is 9.59 Å². The highest BCUT2D eigenvalue weighted by Gasteiger charge is 2.12. The van der Waals surface area contributed by atoms with E-state index >= 15 is 0 Å². The van der Waals surface area contributed by atoms with Gasteiger partial charge in [0.15, 0.2) is 0 Å². The molecule has 0 aliphatic heterocycles. The van der Waals surface area contributed by atoms with Crippen molar-refractivity contribution >= 4 is 12.2 Å². The van der Waals surface area contributed by atoms with Crippen LogP contribution in [-0.4, -0.2) is 25.3 Å². The summed E-state index contributed by atoms with van der Waals surface area (Å²) >= 11 is 0. The number of benzene rings is 2. The minimum absolute atomic E-state index is 0.411. The molecule has 0 atom stereocenters. The number of unbranched alkanes of at least 4 members (excludes halogenated alkanes) is 3. The van der Waals surface area contributed by atoms with Crippen LogP contribution in [0.25, 0.3) is 0 Å².